The minimum Gasteiger partial charge on any atom is -0.322 e. The molecule has 0 bridgehead atoms. The van der Waals surface area contributed by atoms with Crippen molar-refractivity contribution >= 4 is 11.6 Å². The Morgan fingerprint density at radius 3 is 1.44 bits per heavy atom. The summed E-state index contributed by atoms with van der Waals surface area (Å²) in [7, 11) is 0. The zero-order valence-corrected chi connectivity index (χ0v) is 12.3. The van der Waals surface area contributed by atoms with E-state index in [-0.39, 0.29) is 17.3 Å². The molecule has 98 valence electrons. The predicted molar refractivity (Wildman–Crippen MR) is 66.5 cm³/mol. The lowest BCUT2D eigenvalue weighted by atomic mass is 10.1. The Hall–Kier alpha value is 0.170. The summed E-state index contributed by atoms with van der Waals surface area (Å²) >= 11 is 5.64. The first-order valence-corrected chi connectivity index (χ1v) is 6.17. The Morgan fingerprint density at radius 1 is 0.875 bits per heavy atom. The molecule has 0 aliphatic heterocycles. The van der Waals surface area contributed by atoms with E-state index in [1.54, 1.807) is 0 Å². The van der Waals surface area contributed by atoms with Gasteiger partial charge in [0.05, 0.1) is 11.2 Å². The number of rotatable bonds is 5. The van der Waals surface area contributed by atoms with Crippen LogP contribution in [0.15, 0.2) is 0 Å². The first-order chi connectivity index (χ1) is 7.04. The van der Waals surface area contributed by atoms with Crippen LogP contribution in [0.5, 0.6) is 0 Å². The predicted octanol–water partition coefficient (Wildman–Crippen LogP) is 3.89. The molecule has 0 heterocycles. The topological polar surface area (TPSA) is 27.7 Å². The monoisotopic (exact) mass is 252 g/mol. The maximum atomic E-state index is 5.86. The summed E-state index contributed by atoms with van der Waals surface area (Å²) in [6.45, 7) is 13.7. The Bertz CT molecular complexity index is 187. The van der Waals surface area contributed by atoms with Crippen molar-refractivity contribution in [3.05, 3.63) is 0 Å². The fourth-order valence-corrected chi connectivity index (χ4v) is 1.51. The molecule has 0 rings (SSSR count). The van der Waals surface area contributed by atoms with E-state index in [1.165, 1.54) is 0 Å². The molecule has 0 atom stereocenters. The maximum absolute atomic E-state index is 5.86. The standard InChI is InChI=1S/C12H25ClO3/c1-8-12(14-9-13,15-10(2,3)4)16-11(5,6)7/h8-9H2,1-7H3. The zero-order chi connectivity index (χ0) is 13.0. The summed E-state index contributed by atoms with van der Waals surface area (Å²) < 4.78 is 17.2. The van der Waals surface area contributed by atoms with Crippen LogP contribution in [-0.2, 0) is 14.2 Å². The van der Waals surface area contributed by atoms with Gasteiger partial charge in [-0.25, -0.2) is 0 Å². The minimum absolute atomic E-state index is 0.0417. The van der Waals surface area contributed by atoms with Gasteiger partial charge in [-0.1, -0.05) is 18.5 Å². The maximum Gasteiger partial charge on any atom is 0.284 e. The molecule has 0 aliphatic carbocycles. The van der Waals surface area contributed by atoms with Crippen molar-refractivity contribution in [1.82, 2.24) is 0 Å². The van der Waals surface area contributed by atoms with Gasteiger partial charge >= 0.3 is 0 Å². The molecule has 0 fully saturated rings. The van der Waals surface area contributed by atoms with Crippen LogP contribution in [0.3, 0.4) is 0 Å². The van der Waals surface area contributed by atoms with Crippen molar-refractivity contribution in [2.24, 2.45) is 0 Å². The third kappa shape index (κ3) is 6.69. The number of halogens is 1. The highest BCUT2D eigenvalue weighted by Crippen LogP contribution is 2.31. The van der Waals surface area contributed by atoms with Gasteiger partial charge in [0.25, 0.3) is 5.97 Å². The second-order valence-electron chi connectivity index (χ2n) is 5.72. The van der Waals surface area contributed by atoms with Crippen LogP contribution in [0, 0.1) is 0 Å². The lowest BCUT2D eigenvalue weighted by Crippen LogP contribution is -2.48. The average Bonchev–Trinajstić information content (AvgIpc) is 1.98. The molecule has 4 heteroatoms. The molecular weight excluding hydrogens is 228 g/mol. The van der Waals surface area contributed by atoms with E-state index in [0.29, 0.717) is 6.42 Å². The molecule has 0 aliphatic rings. The van der Waals surface area contributed by atoms with E-state index in [4.69, 9.17) is 25.8 Å². The summed E-state index contributed by atoms with van der Waals surface area (Å²) in [4.78, 5) is 0. The summed E-state index contributed by atoms with van der Waals surface area (Å²) in [6, 6.07) is 0.0417. The van der Waals surface area contributed by atoms with Crippen LogP contribution < -0.4 is 0 Å². The summed E-state index contributed by atoms with van der Waals surface area (Å²) in [5.74, 6) is -1.07. The van der Waals surface area contributed by atoms with Gasteiger partial charge in [0.2, 0.25) is 0 Å². The van der Waals surface area contributed by atoms with Gasteiger partial charge in [-0.3, -0.25) is 0 Å². The smallest absolute Gasteiger partial charge is 0.284 e. The fourth-order valence-electron chi connectivity index (χ4n) is 1.34. The molecule has 0 N–H and O–H groups in total. The molecule has 16 heavy (non-hydrogen) atoms. The lowest BCUT2D eigenvalue weighted by molar-refractivity contribution is -0.423. The van der Waals surface area contributed by atoms with E-state index in [9.17, 15) is 0 Å². The molecule has 0 aromatic heterocycles. The van der Waals surface area contributed by atoms with Crippen LogP contribution in [0.4, 0.5) is 0 Å². The zero-order valence-electron chi connectivity index (χ0n) is 11.5. The first kappa shape index (κ1) is 16.2. The normalized spacial score (nSPS) is 14.2. The molecule has 0 spiro atoms. The number of alkyl halides is 1. The van der Waals surface area contributed by atoms with Crippen LogP contribution in [0.2, 0.25) is 0 Å². The third-order valence-corrected chi connectivity index (χ3v) is 1.74. The van der Waals surface area contributed by atoms with Gasteiger partial charge in [0.15, 0.2) is 0 Å². The van der Waals surface area contributed by atoms with Crippen molar-refractivity contribution in [1.29, 1.82) is 0 Å². The Morgan fingerprint density at radius 2 is 1.25 bits per heavy atom. The Kier molecular flexibility index (Phi) is 5.73. The molecule has 0 saturated heterocycles. The molecule has 0 amide bonds. The number of ether oxygens (including phenoxy) is 3. The fraction of sp³-hybridized carbons (Fsp3) is 1.00. The van der Waals surface area contributed by atoms with Crippen molar-refractivity contribution in [3.63, 3.8) is 0 Å². The SMILES string of the molecule is CCC(OCCl)(OC(C)(C)C)OC(C)(C)C. The first-order valence-electron chi connectivity index (χ1n) is 5.64. The molecule has 0 radical (unpaired) electrons. The Balaban J connectivity index is 4.85. The van der Waals surface area contributed by atoms with E-state index < -0.39 is 5.97 Å². The van der Waals surface area contributed by atoms with Gasteiger partial charge in [-0.2, -0.15) is 0 Å². The van der Waals surface area contributed by atoms with Crippen molar-refractivity contribution in [2.75, 3.05) is 6.07 Å². The van der Waals surface area contributed by atoms with Gasteiger partial charge in [-0.05, 0) is 41.5 Å². The lowest BCUT2D eigenvalue weighted by Gasteiger charge is -2.41. The highest BCUT2D eigenvalue weighted by Gasteiger charge is 2.39. The number of hydrogen-bond acceptors (Lipinski definition) is 3. The van der Waals surface area contributed by atoms with Crippen LogP contribution in [-0.4, -0.2) is 23.2 Å². The second-order valence-corrected chi connectivity index (χ2v) is 5.94. The number of hydrogen-bond donors (Lipinski definition) is 0. The summed E-state index contributed by atoms with van der Waals surface area (Å²) in [5, 5.41) is 0. The highest BCUT2D eigenvalue weighted by molar-refractivity contribution is 6.17. The molecule has 0 aromatic rings. The van der Waals surface area contributed by atoms with Gasteiger partial charge in [-0.15, -0.1) is 0 Å². The minimum atomic E-state index is -1.07. The van der Waals surface area contributed by atoms with E-state index in [0.717, 1.165) is 0 Å². The van der Waals surface area contributed by atoms with Crippen LogP contribution in [0.25, 0.3) is 0 Å². The Labute approximate surface area is 104 Å². The molecule has 0 saturated carbocycles. The van der Waals surface area contributed by atoms with Gasteiger partial charge < -0.3 is 14.2 Å². The summed E-state index contributed by atoms with van der Waals surface area (Å²) in [6.07, 6.45) is 0.578. The van der Waals surface area contributed by atoms with E-state index in [1.807, 2.05) is 48.5 Å². The van der Waals surface area contributed by atoms with Crippen molar-refractivity contribution in [2.45, 2.75) is 72.1 Å². The molecular formula is C12H25ClO3. The van der Waals surface area contributed by atoms with Crippen LogP contribution >= 0.6 is 11.6 Å². The molecule has 3 nitrogen and oxygen atoms in total. The van der Waals surface area contributed by atoms with Crippen LogP contribution in [0.1, 0.15) is 54.9 Å². The third-order valence-electron chi connectivity index (χ3n) is 1.63. The summed E-state index contributed by atoms with van der Waals surface area (Å²) in [5.41, 5.74) is -0.708. The van der Waals surface area contributed by atoms with Gasteiger partial charge in [0, 0.05) is 6.42 Å². The highest BCUT2D eigenvalue weighted by atomic mass is 35.5. The second kappa shape index (κ2) is 5.67. The van der Waals surface area contributed by atoms with E-state index in [2.05, 4.69) is 0 Å². The largest absolute Gasteiger partial charge is 0.322 e. The van der Waals surface area contributed by atoms with E-state index >= 15 is 0 Å². The van der Waals surface area contributed by atoms with Crippen molar-refractivity contribution in [3.8, 4) is 0 Å². The average molecular weight is 253 g/mol. The molecule has 0 unspecified atom stereocenters. The van der Waals surface area contributed by atoms with Gasteiger partial charge in [0.1, 0.15) is 6.07 Å². The quantitative estimate of drug-likeness (QED) is 0.549. The van der Waals surface area contributed by atoms with Crippen molar-refractivity contribution < 1.29 is 14.2 Å². The molecule has 0 aromatic carbocycles.